The largest absolute Gasteiger partial charge is 0.495 e. The number of benzene rings is 3. The highest BCUT2D eigenvalue weighted by atomic mass is 16.7. The predicted molar refractivity (Wildman–Crippen MR) is 133 cm³/mol. The van der Waals surface area contributed by atoms with E-state index in [1.54, 1.807) is 36.3 Å². The van der Waals surface area contributed by atoms with Crippen molar-refractivity contribution in [2.24, 2.45) is 0 Å². The third-order valence-corrected chi connectivity index (χ3v) is 5.91. The van der Waals surface area contributed by atoms with Gasteiger partial charge in [0, 0.05) is 23.6 Å². The smallest absolute Gasteiger partial charge is 0.322 e. The van der Waals surface area contributed by atoms with Gasteiger partial charge in [-0.05, 0) is 36.8 Å². The molecule has 0 atom stereocenters. The number of H-pyrrole nitrogens is 1. The van der Waals surface area contributed by atoms with Crippen molar-refractivity contribution in [2.45, 2.75) is 20.0 Å². The Morgan fingerprint density at radius 1 is 1.03 bits per heavy atom. The topological polar surface area (TPSA) is 92.9 Å². The molecule has 0 fully saturated rings. The Kier molecular flexibility index (Phi) is 6.01. The van der Waals surface area contributed by atoms with Crippen LogP contribution in [0.5, 0.6) is 17.2 Å². The number of pyridine rings is 1. The second kappa shape index (κ2) is 9.42. The second-order valence-corrected chi connectivity index (χ2v) is 8.39. The molecule has 0 spiro atoms. The van der Waals surface area contributed by atoms with E-state index in [0.29, 0.717) is 40.6 Å². The van der Waals surface area contributed by atoms with Crippen LogP contribution >= 0.6 is 0 Å². The number of urea groups is 1. The van der Waals surface area contributed by atoms with Crippen LogP contribution in [0.1, 0.15) is 16.7 Å². The number of ether oxygens (including phenoxy) is 3. The van der Waals surface area contributed by atoms with Crippen molar-refractivity contribution in [1.82, 2.24) is 9.88 Å². The number of nitrogens with one attached hydrogen (secondary N) is 2. The highest BCUT2D eigenvalue weighted by molar-refractivity contribution is 5.91. The molecule has 35 heavy (non-hydrogen) atoms. The van der Waals surface area contributed by atoms with E-state index in [-0.39, 0.29) is 24.9 Å². The van der Waals surface area contributed by atoms with Gasteiger partial charge >= 0.3 is 6.03 Å². The maximum atomic E-state index is 13.4. The molecule has 1 aliphatic heterocycles. The predicted octanol–water partition coefficient (Wildman–Crippen LogP) is 4.81. The Morgan fingerprint density at radius 2 is 1.77 bits per heavy atom. The number of fused-ring (bicyclic) bond motifs is 2. The van der Waals surface area contributed by atoms with E-state index in [9.17, 15) is 9.59 Å². The molecule has 178 valence electrons. The van der Waals surface area contributed by atoms with Crippen molar-refractivity contribution in [1.29, 1.82) is 0 Å². The summed E-state index contributed by atoms with van der Waals surface area (Å²) in [5.41, 5.74) is 3.46. The maximum Gasteiger partial charge on any atom is 0.322 e. The molecule has 4 aromatic rings. The fraction of sp³-hybridized carbons (Fsp3) is 0.185. The highest BCUT2D eigenvalue weighted by Crippen LogP contribution is 2.35. The Bertz CT molecular complexity index is 1450. The molecule has 1 aromatic heterocycles. The average molecular weight is 472 g/mol. The standard InChI is InChI=1S/C27H25N3O5/c1-17-7-9-18(10-8-17)14-30(27(32)29-21-5-3-4-6-23(21)33-2)15-20-11-19-12-24-25(35-16-34-24)13-22(19)28-26(20)31/h3-13H,14-16H2,1-2H3,(H,28,31)(H,29,32). The fourth-order valence-corrected chi connectivity index (χ4v) is 4.02. The number of aromatic nitrogens is 1. The number of carbonyl (C=O) groups excluding carboxylic acids is 1. The molecule has 8 nitrogen and oxygen atoms in total. The molecule has 0 saturated heterocycles. The molecule has 2 heterocycles. The van der Waals surface area contributed by atoms with Crippen LogP contribution in [-0.2, 0) is 13.1 Å². The summed E-state index contributed by atoms with van der Waals surface area (Å²) in [6.07, 6.45) is 0. The summed E-state index contributed by atoms with van der Waals surface area (Å²) in [5.74, 6) is 1.77. The molecular weight excluding hydrogens is 446 g/mol. The van der Waals surface area contributed by atoms with Gasteiger partial charge in [0.15, 0.2) is 11.5 Å². The van der Waals surface area contributed by atoms with Crippen LogP contribution in [0.25, 0.3) is 10.9 Å². The first-order valence-corrected chi connectivity index (χ1v) is 11.2. The lowest BCUT2D eigenvalue weighted by Crippen LogP contribution is -2.35. The van der Waals surface area contributed by atoms with Crippen LogP contribution in [-0.4, -0.2) is 29.8 Å². The summed E-state index contributed by atoms with van der Waals surface area (Å²) in [6.45, 7) is 2.58. The fourth-order valence-electron chi connectivity index (χ4n) is 4.02. The van der Waals surface area contributed by atoms with Gasteiger partial charge in [-0.15, -0.1) is 0 Å². The third kappa shape index (κ3) is 4.77. The van der Waals surface area contributed by atoms with Gasteiger partial charge < -0.3 is 29.4 Å². The SMILES string of the molecule is COc1ccccc1NC(=O)N(Cc1ccc(C)cc1)Cc1cc2cc3c(cc2[nH]c1=O)OCO3. The van der Waals surface area contributed by atoms with Gasteiger partial charge in [0.05, 0.1) is 24.9 Å². The van der Waals surface area contributed by atoms with Crippen molar-refractivity contribution in [2.75, 3.05) is 19.2 Å². The lowest BCUT2D eigenvalue weighted by Gasteiger charge is -2.24. The van der Waals surface area contributed by atoms with E-state index in [1.165, 1.54) is 0 Å². The molecule has 0 radical (unpaired) electrons. The zero-order valence-corrected chi connectivity index (χ0v) is 19.5. The number of methoxy groups -OCH3 is 1. The molecule has 5 rings (SSSR count). The van der Waals surface area contributed by atoms with Crippen molar-refractivity contribution in [3.63, 3.8) is 0 Å². The molecule has 3 aromatic carbocycles. The number of aryl methyl sites for hydroxylation is 1. The summed E-state index contributed by atoms with van der Waals surface area (Å²) in [7, 11) is 1.55. The Labute approximate surface area is 202 Å². The van der Waals surface area contributed by atoms with Gasteiger partial charge in [-0.3, -0.25) is 4.79 Å². The van der Waals surface area contributed by atoms with E-state index >= 15 is 0 Å². The van der Waals surface area contributed by atoms with Gasteiger partial charge in [0.1, 0.15) is 5.75 Å². The van der Waals surface area contributed by atoms with Crippen LogP contribution in [0.2, 0.25) is 0 Å². The zero-order chi connectivity index (χ0) is 24.4. The summed E-state index contributed by atoms with van der Waals surface area (Å²) in [5, 5.41) is 3.71. The third-order valence-electron chi connectivity index (χ3n) is 5.91. The minimum absolute atomic E-state index is 0.106. The monoisotopic (exact) mass is 471 g/mol. The van der Waals surface area contributed by atoms with Gasteiger partial charge in [-0.1, -0.05) is 42.0 Å². The van der Waals surface area contributed by atoms with E-state index < -0.39 is 0 Å². The average Bonchev–Trinajstić information content (AvgIpc) is 3.31. The summed E-state index contributed by atoms with van der Waals surface area (Å²) < 4.78 is 16.2. The van der Waals surface area contributed by atoms with E-state index in [0.717, 1.165) is 16.5 Å². The highest BCUT2D eigenvalue weighted by Gasteiger charge is 2.20. The number of rotatable bonds is 6. The van der Waals surface area contributed by atoms with Crippen molar-refractivity contribution < 1.29 is 19.0 Å². The first-order valence-electron chi connectivity index (χ1n) is 11.2. The van der Waals surface area contributed by atoms with Crippen molar-refractivity contribution >= 4 is 22.6 Å². The quantitative estimate of drug-likeness (QED) is 0.421. The van der Waals surface area contributed by atoms with Crippen molar-refractivity contribution in [3.8, 4) is 17.2 Å². The number of aromatic amines is 1. The van der Waals surface area contributed by atoms with Crippen LogP contribution in [0.15, 0.2) is 71.5 Å². The molecule has 0 aliphatic carbocycles. The van der Waals surface area contributed by atoms with Crippen LogP contribution in [0.4, 0.5) is 10.5 Å². The summed E-state index contributed by atoms with van der Waals surface area (Å²) >= 11 is 0. The normalized spacial score (nSPS) is 11.9. The number of para-hydroxylation sites is 2. The Morgan fingerprint density at radius 3 is 2.54 bits per heavy atom. The number of hydrogen-bond acceptors (Lipinski definition) is 5. The van der Waals surface area contributed by atoms with Crippen LogP contribution in [0, 0.1) is 6.92 Å². The molecule has 8 heteroatoms. The Hall–Kier alpha value is -4.46. The van der Waals surface area contributed by atoms with E-state index in [1.807, 2.05) is 49.4 Å². The molecular formula is C27H25N3O5. The molecule has 0 saturated carbocycles. The second-order valence-electron chi connectivity index (χ2n) is 8.39. The Balaban J connectivity index is 1.47. The maximum absolute atomic E-state index is 13.4. The van der Waals surface area contributed by atoms with Gasteiger partial charge in [0.25, 0.3) is 5.56 Å². The molecule has 2 amide bonds. The first-order chi connectivity index (χ1) is 17.0. The van der Waals surface area contributed by atoms with Gasteiger partial charge in [-0.2, -0.15) is 0 Å². The summed E-state index contributed by atoms with van der Waals surface area (Å²) in [4.78, 5) is 30.8. The molecule has 0 bridgehead atoms. The van der Waals surface area contributed by atoms with Crippen LogP contribution in [0.3, 0.4) is 0 Å². The lowest BCUT2D eigenvalue weighted by molar-refractivity contribution is 0.174. The number of carbonyl (C=O) groups is 1. The lowest BCUT2D eigenvalue weighted by atomic mass is 10.1. The van der Waals surface area contributed by atoms with E-state index in [2.05, 4.69) is 10.3 Å². The van der Waals surface area contributed by atoms with Gasteiger partial charge in [-0.25, -0.2) is 4.79 Å². The number of hydrogen-bond donors (Lipinski definition) is 2. The van der Waals surface area contributed by atoms with Gasteiger partial charge in [0.2, 0.25) is 6.79 Å². The van der Waals surface area contributed by atoms with Crippen molar-refractivity contribution in [3.05, 3.63) is 93.8 Å². The zero-order valence-electron chi connectivity index (χ0n) is 19.5. The number of anilines is 1. The number of amides is 2. The summed E-state index contributed by atoms with van der Waals surface area (Å²) in [6, 6.07) is 20.2. The minimum atomic E-state index is -0.347. The van der Waals surface area contributed by atoms with Crippen LogP contribution < -0.4 is 25.1 Å². The van der Waals surface area contributed by atoms with E-state index in [4.69, 9.17) is 14.2 Å². The minimum Gasteiger partial charge on any atom is -0.495 e. The first kappa shape index (κ1) is 22.3. The molecule has 0 unspecified atom stereocenters. The molecule has 1 aliphatic rings. The number of nitrogens with zero attached hydrogens (tertiary/aromatic N) is 1. The molecule has 2 N–H and O–H groups in total.